The molecule has 0 aromatic rings. The Hall–Kier alpha value is -0.710. The van der Waals surface area contributed by atoms with Crippen LogP contribution in [0.3, 0.4) is 0 Å². The molecule has 10 heavy (non-hydrogen) atoms. The molecule has 0 heterocycles. The molecule has 0 aliphatic heterocycles. The number of hydrogen-bond acceptors (Lipinski definition) is 5. The van der Waals surface area contributed by atoms with Gasteiger partial charge in [-0.1, -0.05) is 10.3 Å². The summed E-state index contributed by atoms with van der Waals surface area (Å²) in [6.45, 7) is 1.65. The first-order chi connectivity index (χ1) is 4.76. The van der Waals surface area contributed by atoms with Crippen molar-refractivity contribution in [3.8, 4) is 0 Å². The molecule has 1 N–H and O–H groups in total. The summed E-state index contributed by atoms with van der Waals surface area (Å²) in [5, 5.41) is 15.4. The van der Waals surface area contributed by atoms with E-state index in [1.807, 2.05) is 6.26 Å². The van der Waals surface area contributed by atoms with E-state index in [2.05, 4.69) is 15.1 Å². The summed E-state index contributed by atoms with van der Waals surface area (Å²) in [6.07, 6.45) is 1.83. The summed E-state index contributed by atoms with van der Waals surface area (Å²) >= 11 is 1.36. The van der Waals surface area contributed by atoms with Crippen molar-refractivity contribution in [3.05, 3.63) is 0 Å². The molecular weight excluding hydrogens is 152 g/mol. The third kappa shape index (κ3) is 2.72. The van der Waals surface area contributed by atoms with Crippen molar-refractivity contribution in [2.75, 3.05) is 13.4 Å². The first-order valence-electron chi connectivity index (χ1n) is 2.60. The molecule has 0 fully saturated rings. The average molecular weight is 162 g/mol. The fourth-order valence-electron chi connectivity index (χ4n) is 0.377. The summed E-state index contributed by atoms with van der Waals surface area (Å²) in [7, 11) is 1.45. The highest BCUT2D eigenvalue weighted by Gasteiger charge is 2.01. The highest BCUT2D eigenvalue weighted by atomic mass is 32.2. The molecule has 0 atom stereocenters. The molecule has 4 nitrogen and oxygen atoms in total. The third-order valence-corrected chi connectivity index (χ3v) is 1.58. The largest absolute Gasteiger partial charge is 0.411 e. The summed E-state index contributed by atoms with van der Waals surface area (Å²) in [5.74, 6) is 0. The number of oxime groups is 2. The predicted octanol–water partition coefficient (Wildman–Crippen LogP) is 1.16. The number of hydrogen-bond donors (Lipinski definition) is 1. The van der Waals surface area contributed by atoms with Crippen molar-refractivity contribution >= 4 is 22.5 Å². The maximum atomic E-state index is 8.30. The lowest BCUT2D eigenvalue weighted by molar-refractivity contribution is 0.215. The van der Waals surface area contributed by atoms with Gasteiger partial charge >= 0.3 is 0 Å². The van der Waals surface area contributed by atoms with Gasteiger partial charge in [-0.2, -0.15) is 0 Å². The van der Waals surface area contributed by atoms with Crippen LogP contribution in [0.15, 0.2) is 10.3 Å². The molecule has 0 radical (unpaired) electrons. The van der Waals surface area contributed by atoms with Gasteiger partial charge in [-0.15, -0.1) is 11.8 Å². The van der Waals surface area contributed by atoms with E-state index in [4.69, 9.17) is 5.21 Å². The van der Waals surface area contributed by atoms with Crippen molar-refractivity contribution in [1.29, 1.82) is 0 Å². The molecule has 0 amide bonds. The molecule has 0 bridgehead atoms. The van der Waals surface area contributed by atoms with Crippen molar-refractivity contribution in [2.24, 2.45) is 10.3 Å². The van der Waals surface area contributed by atoms with Crippen molar-refractivity contribution in [1.82, 2.24) is 0 Å². The van der Waals surface area contributed by atoms with Gasteiger partial charge in [0, 0.05) is 0 Å². The molecule has 0 saturated carbocycles. The zero-order chi connectivity index (χ0) is 7.98. The van der Waals surface area contributed by atoms with Gasteiger partial charge in [0.2, 0.25) is 0 Å². The monoisotopic (exact) mass is 162 g/mol. The minimum Gasteiger partial charge on any atom is -0.411 e. The van der Waals surface area contributed by atoms with Crippen LogP contribution < -0.4 is 0 Å². The summed E-state index contributed by atoms with van der Waals surface area (Å²) in [4.78, 5) is 4.49. The van der Waals surface area contributed by atoms with Crippen LogP contribution in [0.5, 0.6) is 0 Å². The molecule has 5 heteroatoms. The lowest BCUT2D eigenvalue weighted by Crippen LogP contribution is -2.05. The van der Waals surface area contributed by atoms with Gasteiger partial charge in [0.15, 0.2) is 5.04 Å². The smallest absolute Gasteiger partial charge is 0.160 e. The van der Waals surface area contributed by atoms with E-state index in [1.54, 1.807) is 6.92 Å². The predicted molar refractivity (Wildman–Crippen MR) is 42.9 cm³/mol. The fraction of sp³-hybridized carbons (Fsp3) is 0.600. The number of nitrogens with zero attached hydrogens (tertiary/aromatic N) is 2. The maximum absolute atomic E-state index is 8.30. The lowest BCUT2D eigenvalue weighted by atomic mass is 10.5. The Kier molecular flexibility index (Phi) is 4.74. The van der Waals surface area contributed by atoms with Crippen molar-refractivity contribution in [2.45, 2.75) is 6.92 Å². The van der Waals surface area contributed by atoms with Crippen LogP contribution in [-0.4, -0.2) is 29.3 Å². The van der Waals surface area contributed by atoms with Crippen LogP contribution in [0.25, 0.3) is 0 Å². The van der Waals surface area contributed by atoms with E-state index < -0.39 is 0 Å². The maximum Gasteiger partial charge on any atom is 0.160 e. The van der Waals surface area contributed by atoms with Gasteiger partial charge in [-0.25, -0.2) is 0 Å². The average Bonchev–Trinajstić information content (AvgIpc) is 1.99. The van der Waals surface area contributed by atoms with E-state index in [0.717, 1.165) is 0 Å². The molecule has 0 aliphatic carbocycles. The molecular formula is C5H10N2O2S. The first-order valence-corrected chi connectivity index (χ1v) is 3.83. The Labute approximate surface area is 63.9 Å². The Morgan fingerprint density at radius 3 is 2.50 bits per heavy atom. The summed E-state index contributed by atoms with van der Waals surface area (Å²) in [6, 6.07) is 0. The second kappa shape index (κ2) is 5.10. The van der Waals surface area contributed by atoms with Gasteiger partial charge in [0.1, 0.15) is 12.8 Å². The lowest BCUT2D eigenvalue weighted by Gasteiger charge is -1.96. The normalized spacial score (nSPS) is 13.5. The van der Waals surface area contributed by atoms with Crippen LogP contribution in [0.2, 0.25) is 0 Å². The van der Waals surface area contributed by atoms with Gasteiger partial charge in [-0.3, -0.25) is 0 Å². The second-order valence-corrected chi connectivity index (χ2v) is 2.26. The fourth-order valence-corrected chi connectivity index (χ4v) is 0.862. The Balaban J connectivity index is 4.21. The molecule has 0 aliphatic rings. The Bertz CT molecular complexity index is 156. The van der Waals surface area contributed by atoms with Gasteiger partial charge in [0.05, 0.1) is 0 Å². The van der Waals surface area contributed by atoms with E-state index in [1.165, 1.54) is 18.9 Å². The van der Waals surface area contributed by atoms with Crippen LogP contribution in [0, 0.1) is 0 Å². The van der Waals surface area contributed by atoms with E-state index in [9.17, 15) is 0 Å². The zero-order valence-electron chi connectivity index (χ0n) is 6.16. The minimum atomic E-state index is 0.453. The van der Waals surface area contributed by atoms with Crippen LogP contribution in [0.1, 0.15) is 6.92 Å². The van der Waals surface area contributed by atoms with Crippen molar-refractivity contribution < 1.29 is 10.0 Å². The van der Waals surface area contributed by atoms with E-state index >= 15 is 0 Å². The standard InChI is InChI=1S/C5H10N2O2S/c1-4(6-8)5(10-3)7-9-2/h8H,1-3H3. The molecule has 0 aromatic heterocycles. The van der Waals surface area contributed by atoms with Crippen LogP contribution in [-0.2, 0) is 4.84 Å². The molecule has 58 valence electrons. The Morgan fingerprint density at radius 2 is 2.20 bits per heavy atom. The molecule has 0 saturated heterocycles. The van der Waals surface area contributed by atoms with Crippen LogP contribution >= 0.6 is 11.8 Å². The summed E-state index contributed by atoms with van der Waals surface area (Å²) < 4.78 is 0. The van der Waals surface area contributed by atoms with Crippen LogP contribution in [0.4, 0.5) is 0 Å². The number of rotatable bonds is 2. The van der Waals surface area contributed by atoms with Gasteiger partial charge in [-0.05, 0) is 13.2 Å². The topological polar surface area (TPSA) is 54.2 Å². The molecule has 0 rings (SSSR count). The quantitative estimate of drug-likeness (QED) is 0.287. The highest BCUT2D eigenvalue weighted by Crippen LogP contribution is 2.00. The molecule has 0 aromatic carbocycles. The van der Waals surface area contributed by atoms with Gasteiger partial charge < -0.3 is 10.0 Å². The van der Waals surface area contributed by atoms with E-state index in [0.29, 0.717) is 10.8 Å². The van der Waals surface area contributed by atoms with Gasteiger partial charge in [0.25, 0.3) is 0 Å². The molecule has 0 unspecified atom stereocenters. The number of thioether (sulfide) groups is 1. The second-order valence-electron chi connectivity index (χ2n) is 1.47. The van der Waals surface area contributed by atoms with Crippen molar-refractivity contribution in [3.63, 3.8) is 0 Å². The minimum absolute atomic E-state index is 0.453. The first kappa shape index (κ1) is 9.29. The highest BCUT2D eigenvalue weighted by molar-refractivity contribution is 8.15. The zero-order valence-corrected chi connectivity index (χ0v) is 6.97. The summed E-state index contributed by atoms with van der Waals surface area (Å²) in [5.41, 5.74) is 0.453. The third-order valence-electron chi connectivity index (χ3n) is 0.827. The molecule has 0 spiro atoms. The SMILES string of the molecule is CON=C(SC)C(C)=NO. The Morgan fingerprint density at radius 1 is 1.60 bits per heavy atom. The van der Waals surface area contributed by atoms with E-state index in [-0.39, 0.29) is 0 Å².